The summed E-state index contributed by atoms with van der Waals surface area (Å²) in [5.74, 6) is 0.0600. The third kappa shape index (κ3) is 1.90. The number of hydrogen-bond donors (Lipinski definition) is 2. The van der Waals surface area contributed by atoms with Gasteiger partial charge in [0.1, 0.15) is 0 Å². The van der Waals surface area contributed by atoms with Crippen LogP contribution in [0.5, 0.6) is 0 Å². The molecule has 4 heteroatoms. The van der Waals surface area contributed by atoms with E-state index in [4.69, 9.17) is 20.3 Å². The smallest absolute Gasteiger partial charge is 0.213 e. The van der Waals surface area contributed by atoms with E-state index < -0.39 is 0 Å². The molecule has 14 heavy (non-hydrogen) atoms. The highest BCUT2D eigenvalue weighted by Crippen LogP contribution is 2.10. The zero-order valence-electron chi connectivity index (χ0n) is 8.13. The Morgan fingerprint density at radius 2 is 1.29 bits per heavy atom. The van der Waals surface area contributed by atoms with Crippen molar-refractivity contribution in [1.29, 1.82) is 10.8 Å². The van der Waals surface area contributed by atoms with Crippen molar-refractivity contribution in [2.75, 3.05) is 14.2 Å². The van der Waals surface area contributed by atoms with Crippen LogP contribution in [0, 0.1) is 10.8 Å². The molecule has 0 unspecified atom stereocenters. The normalized spacial score (nSPS) is 9.29. The second-order valence-electron chi connectivity index (χ2n) is 2.61. The molecule has 0 saturated carbocycles. The Morgan fingerprint density at radius 1 is 0.929 bits per heavy atom. The molecule has 74 valence electrons. The van der Waals surface area contributed by atoms with Crippen molar-refractivity contribution in [3.05, 3.63) is 35.4 Å². The Labute approximate surface area is 82.5 Å². The Balaban J connectivity index is 3.15. The van der Waals surface area contributed by atoms with Gasteiger partial charge >= 0.3 is 0 Å². The summed E-state index contributed by atoms with van der Waals surface area (Å²) in [7, 11) is 2.85. The molecule has 0 atom stereocenters. The first-order chi connectivity index (χ1) is 6.70. The number of benzene rings is 1. The summed E-state index contributed by atoms with van der Waals surface area (Å²) in [4.78, 5) is 0. The highest BCUT2D eigenvalue weighted by Gasteiger charge is 2.11. The van der Waals surface area contributed by atoms with Gasteiger partial charge in [-0.2, -0.15) is 0 Å². The molecule has 2 N–H and O–H groups in total. The van der Waals surface area contributed by atoms with Crippen LogP contribution >= 0.6 is 0 Å². The Hall–Kier alpha value is -1.84. The van der Waals surface area contributed by atoms with E-state index in [2.05, 4.69) is 0 Å². The molecule has 0 aliphatic heterocycles. The molecule has 0 aliphatic rings. The number of methoxy groups -OCH3 is 2. The van der Waals surface area contributed by atoms with Crippen LogP contribution in [0.3, 0.4) is 0 Å². The van der Waals surface area contributed by atoms with E-state index in [0.717, 1.165) is 0 Å². The van der Waals surface area contributed by atoms with Crippen molar-refractivity contribution in [3.63, 3.8) is 0 Å². The highest BCUT2D eigenvalue weighted by atomic mass is 16.5. The van der Waals surface area contributed by atoms with Gasteiger partial charge in [-0.3, -0.25) is 10.8 Å². The summed E-state index contributed by atoms with van der Waals surface area (Å²) in [5, 5.41) is 15.0. The van der Waals surface area contributed by atoms with Gasteiger partial charge in [0.15, 0.2) is 0 Å². The molecular weight excluding hydrogens is 180 g/mol. The predicted octanol–water partition coefficient (Wildman–Crippen LogP) is 1.63. The van der Waals surface area contributed by atoms with Crippen molar-refractivity contribution in [2.24, 2.45) is 0 Å². The molecule has 0 saturated heterocycles. The summed E-state index contributed by atoms with van der Waals surface area (Å²) in [6.07, 6.45) is 0. The van der Waals surface area contributed by atoms with Crippen LogP contribution in [0.25, 0.3) is 0 Å². The van der Waals surface area contributed by atoms with Crippen molar-refractivity contribution < 1.29 is 9.47 Å². The molecule has 0 fully saturated rings. The minimum absolute atomic E-state index is 0.0300. The van der Waals surface area contributed by atoms with Gasteiger partial charge in [-0.1, -0.05) is 12.1 Å². The topological polar surface area (TPSA) is 66.2 Å². The van der Waals surface area contributed by atoms with Crippen molar-refractivity contribution in [1.82, 2.24) is 0 Å². The summed E-state index contributed by atoms with van der Waals surface area (Å²) in [5.41, 5.74) is 1.11. The van der Waals surface area contributed by atoms with Gasteiger partial charge in [-0.05, 0) is 12.1 Å². The van der Waals surface area contributed by atoms with Gasteiger partial charge in [0.25, 0.3) is 0 Å². The lowest BCUT2D eigenvalue weighted by molar-refractivity contribution is 0.395. The van der Waals surface area contributed by atoms with E-state index in [-0.39, 0.29) is 11.8 Å². The molecule has 1 aromatic carbocycles. The van der Waals surface area contributed by atoms with Crippen molar-refractivity contribution in [2.45, 2.75) is 0 Å². The molecule has 0 radical (unpaired) electrons. The molecule has 0 aromatic heterocycles. The van der Waals surface area contributed by atoms with Crippen LogP contribution in [0.15, 0.2) is 24.3 Å². The Morgan fingerprint density at radius 3 is 1.57 bits per heavy atom. The zero-order chi connectivity index (χ0) is 10.6. The van der Waals surface area contributed by atoms with Gasteiger partial charge in [0, 0.05) is 11.1 Å². The van der Waals surface area contributed by atoms with Crippen LogP contribution in [0.2, 0.25) is 0 Å². The summed E-state index contributed by atoms with van der Waals surface area (Å²) in [6, 6.07) is 7.01. The Kier molecular flexibility index (Phi) is 3.23. The van der Waals surface area contributed by atoms with E-state index in [1.165, 1.54) is 14.2 Å². The second kappa shape index (κ2) is 4.41. The zero-order valence-corrected chi connectivity index (χ0v) is 8.13. The maximum Gasteiger partial charge on any atom is 0.213 e. The van der Waals surface area contributed by atoms with Crippen LogP contribution < -0.4 is 0 Å². The molecule has 4 nitrogen and oxygen atoms in total. The molecule has 0 spiro atoms. The Bertz CT molecular complexity index is 326. The van der Waals surface area contributed by atoms with Crippen molar-refractivity contribution >= 4 is 11.8 Å². The average molecular weight is 192 g/mol. The van der Waals surface area contributed by atoms with Crippen LogP contribution in [0.1, 0.15) is 11.1 Å². The number of hydrogen-bond acceptors (Lipinski definition) is 4. The number of rotatable bonds is 2. The van der Waals surface area contributed by atoms with Gasteiger partial charge in [-0.15, -0.1) is 0 Å². The second-order valence-corrected chi connectivity index (χ2v) is 2.61. The fourth-order valence-electron chi connectivity index (χ4n) is 1.10. The largest absolute Gasteiger partial charge is 0.481 e. The highest BCUT2D eigenvalue weighted by molar-refractivity contribution is 6.04. The lowest BCUT2D eigenvalue weighted by atomic mass is 10.1. The molecule has 0 bridgehead atoms. The quantitative estimate of drug-likeness (QED) is 0.552. The fraction of sp³-hybridized carbons (Fsp3) is 0.200. The van der Waals surface area contributed by atoms with Gasteiger partial charge in [0.2, 0.25) is 11.8 Å². The van der Waals surface area contributed by atoms with Gasteiger partial charge < -0.3 is 9.47 Å². The molecule has 1 rings (SSSR count). The SMILES string of the molecule is COC(=N)c1ccccc1C(=N)OC. The minimum atomic E-state index is 0.0300. The summed E-state index contributed by atoms with van der Waals surface area (Å²) in [6.45, 7) is 0. The molecule has 0 aliphatic carbocycles. The first-order valence-corrected chi connectivity index (χ1v) is 4.05. The molecule has 1 aromatic rings. The summed E-state index contributed by atoms with van der Waals surface area (Å²) < 4.78 is 9.61. The first kappa shape index (κ1) is 10.2. The van der Waals surface area contributed by atoms with E-state index in [0.29, 0.717) is 11.1 Å². The van der Waals surface area contributed by atoms with E-state index in [1.54, 1.807) is 24.3 Å². The molecular formula is C10H12N2O2. The number of ether oxygens (including phenoxy) is 2. The van der Waals surface area contributed by atoms with Crippen LogP contribution in [0.4, 0.5) is 0 Å². The average Bonchev–Trinajstić information content (AvgIpc) is 2.27. The lowest BCUT2D eigenvalue weighted by Gasteiger charge is -2.08. The van der Waals surface area contributed by atoms with Gasteiger partial charge in [-0.25, -0.2) is 0 Å². The lowest BCUT2D eigenvalue weighted by Crippen LogP contribution is -2.11. The standard InChI is InChI=1S/C10H12N2O2/c1-13-9(11)7-5-3-4-6-8(7)10(12)14-2/h3-6,11-12H,1-2H3. The minimum Gasteiger partial charge on any atom is -0.481 e. The van der Waals surface area contributed by atoms with Gasteiger partial charge in [0.05, 0.1) is 14.2 Å². The van der Waals surface area contributed by atoms with E-state index >= 15 is 0 Å². The predicted molar refractivity (Wildman–Crippen MR) is 54.1 cm³/mol. The maximum atomic E-state index is 7.51. The summed E-state index contributed by atoms with van der Waals surface area (Å²) >= 11 is 0. The van der Waals surface area contributed by atoms with Crippen molar-refractivity contribution in [3.8, 4) is 0 Å². The number of nitrogens with one attached hydrogen (secondary N) is 2. The van der Waals surface area contributed by atoms with Crippen LogP contribution in [-0.4, -0.2) is 26.0 Å². The third-order valence-corrected chi connectivity index (χ3v) is 1.82. The molecule has 0 amide bonds. The third-order valence-electron chi connectivity index (χ3n) is 1.82. The molecule has 0 heterocycles. The fourth-order valence-corrected chi connectivity index (χ4v) is 1.10. The van der Waals surface area contributed by atoms with E-state index in [9.17, 15) is 0 Å². The van der Waals surface area contributed by atoms with Crippen LogP contribution in [-0.2, 0) is 9.47 Å². The first-order valence-electron chi connectivity index (χ1n) is 4.05. The monoisotopic (exact) mass is 192 g/mol. The maximum absolute atomic E-state index is 7.51. The van der Waals surface area contributed by atoms with E-state index in [1.807, 2.05) is 0 Å².